The number of nitriles is 1. The van der Waals surface area contributed by atoms with Gasteiger partial charge in [-0.2, -0.15) is 5.26 Å². The average Bonchev–Trinajstić information content (AvgIpc) is 2.71. The van der Waals surface area contributed by atoms with Crippen molar-refractivity contribution in [3.05, 3.63) is 64.2 Å². The second-order valence-electron chi connectivity index (χ2n) is 5.88. The molecule has 1 heterocycles. The van der Waals surface area contributed by atoms with E-state index in [-0.39, 0.29) is 12.2 Å². The minimum absolute atomic E-state index is 0.0462. The number of nitrogens with zero attached hydrogens (tertiary/aromatic N) is 1. The van der Waals surface area contributed by atoms with Gasteiger partial charge < -0.3 is 19.5 Å². The second-order valence-corrected chi connectivity index (χ2v) is 6.32. The number of benzene rings is 2. The molecule has 0 atom stereocenters. The van der Waals surface area contributed by atoms with E-state index in [4.69, 9.17) is 25.8 Å². The van der Waals surface area contributed by atoms with Crippen LogP contribution in [0.15, 0.2) is 53.6 Å². The third kappa shape index (κ3) is 4.27. The van der Waals surface area contributed by atoms with E-state index in [0.717, 1.165) is 5.56 Å². The van der Waals surface area contributed by atoms with E-state index in [9.17, 15) is 10.1 Å². The lowest BCUT2D eigenvalue weighted by Crippen LogP contribution is -2.15. The van der Waals surface area contributed by atoms with Gasteiger partial charge in [0.15, 0.2) is 11.5 Å². The third-order valence-corrected chi connectivity index (χ3v) is 4.28. The van der Waals surface area contributed by atoms with Crippen LogP contribution < -0.4 is 19.5 Å². The molecule has 0 radical (unpaired) electrons. The van der Waals surface area contributed by atoms with Crippen molar-refractivity contribution in [1.82, 2.24) is 0 Å². The van der Waals surface area contributed by atoms with Gasteiger partial charge in [0.05, 0.1) is 14.2 Å². The number of hydrogen-bond donors (Lipinski definition) is 1. The average molecular weight is 397 g/mol. The molecular formula is C21H17ClN2O4. The summed E-state index contributed by atoms with van der Waals surface area (Å²) in [5.74, 6) is 1.18. The molecule has 3 rings (SSSR count). The highest BCUT2D eigenvalue weighted by Crippen LogP contribution is 2.31. The van der Waals surface area contributed by atoms with Crippen LogP contribution in [0.25, 0.3) is 6.08 Å². The van der Waals surface area contributed by atoms with Gasteiger partial charge in [-0.05, 0) is 48.1 Å². The Morgan fingerprint density at radius 1 is 1.21 bits per heavy atom. The van der Waals surface area contributed by atoms with Crippen molar-refractivity contribution >= 4 is 29.3 Å². The largest absolute Gasteiger partial charge is 0.493 e. The van der Waals surface area contributed by atoms with E-state index < -0.39 is 5.91 Å². The number of fused-ring (bicyclic) bond motifs is 1. The van der Waals surface area contributed by atoms with Crippen LogP contribution in [0.1, 0.15) is 5.56 Å². The molecular weight excluding hydrogens is 380 g/mol. The standard InChI is InChI=1S/C21H17ClN2O4/c1-26-19-6-4-17(10-20(19)27-2)24-21(25)15(11-23)8-13-7-14-9-16(22)3-5-18(14)28-12-13/h3-10H,12H2,1-2H3,(H,24,25)/b15-8-. The molecule has 0 spiro atoms. The Morgan fingerprint density at radius 2 is 2.00 bits per heavy atom. The topological polar surface area (TPSA) is 80.6 Å². The maximum Gasteiger partial charge on any atom is 0.266 e. The summed E-state index contributed by atoms with van der Waals surface area (Å²) in [5, 5.41) is 12.7. The Balaban J connectivity index is 1.82. The number of halogens is 1. The molecule has 2 aromatic rings. The number of rotatable bonds is 5. The highest BCUT2D eigenvalue weighted by Gasteiger charge is 2.15. The summed E-state index contributed by atoms with van der Waals surface area (Å²) in [6.45, 7) is 0.253. The van der Waals surface area contributed by atoms with Gasteiger partial charge in [-0.3, -0.25) is 4.79 Å². The molecule has 1 aliphatic rings. The van der Waals surface area contributed by atoms with Crippen molar-refractivity contribution in [2.24, 2.45) is 0 Å². The van der Waals surface area contributed by atoms with E-state index in [2.05, 4.69) is 5.32 Å². The molecule has 0 aliphatic carbocycles. The van der Waals surface area contributed by atoms with E-state index in [1.807, 2.05) is 12.1 Å². The number of ether oxygens (including phenoxy) is 3. The van der Waals surface area contributed by atoms with Crippen LogP contribution in [-0.2, 0) is 4.79 Å². The summed E-state index contributed by atoms with van der Waals surface area (Å²) < 4.78 is 16.0. The molecule has 142 valence electrons. The first-order valence-corrected chi connectivity index (χ1v) is 8.70. The van der Waals surface area contributed by atoms with Gasteiger partial charge in [0, 0.05) is 22.3 Å². The number of methoxy groups -OCH3 is 2. The Morgan fingerprint density at radius 3 is 2.71 bits per heavy atom. The monoisotopic (exact) mass is 396 g/mol. The van der Waals surface area contributed by atoms with Crippen molar-refractivity contribution in [2.75, 3.05) is 26.1 Å². The quantitative estimate of drug-likeness (QED) is 0.604. The third-order valence-electron chi connectivity index (χ3n) is 4.04. The summed E-state index contributed by atoms with van der Waals surface area (Å²) >= 11 is 6.01. The van der Waals surface area contributed by atoms with Gasteiger partial charge in [-0.15, -0.1) is 0 Å². The lowest BCUT2D eigenvalue weighted by molar-refractivity contribution is -0.112. The summed E-state index contributed by atoms with van der Waals surface area (Å²) in [7, 11) is 3.03. The summed E-state index contributed by atoms with van der Waals surface area (Å²) in [6, 6.07) is 12.2. The number of nitrogens with one attached hydrogen (secondary N) is 1. The van der Waals surface area contributed by atoms with Crippen LogP contribution in [0.3, 0.4) is 0 Å². The van der Waals surface area contributed by atoms with Crippen molar-refractivity contribution in [3.63, 3.8) is 0 Å². The smallest absolute Gasteiger partial charge is 0.266 e. The van der Waals surface area contributed by atoms with Crippen molar-refractivity contribution in [3.8, 4) is 23.3 Å². The Kier molecular flexibility index (Phi) is 5.87. The van der Waals surface area contributed by atoms with Gasteiger partial charge in [0.1, 0.15) is 24.0 Å². The van der Waals surface area contributed by atoms with Gasteiger partial charge in [-0.25, -0.2) is 0 Å². The predicted octanol–water partition coefficient (Wildman–Crippen LogP) is 4.22. The van der Waals surface area contributed by atoms with Gasteiger partial charge >= 0.3 is 0 Å². The SMILES string of the molecule is COc1ccc(NC(=O)/C(C#N)=C\C2=Cc3cc(Cl)ccc3OC2)cc1OC. The Hall–Kier alpha value is -3.43. The molecule has 0 fully saturated rings. The van der Waals surface area contributed by atoms with E-state index in [1.165, 1.54) is 20.3 Å². The second kappa shape index (κ2) is 8.51. The normalized spacial score (nSPS) is 12.8. The maximum absolute atomic E-state index is 12.5. The van der Waals surface area contributed by atoms with Gasteiger partial charge in [0.25, 0.3) is 5.91 Å². The van der Waals surface area contributed by atoms with Crippen molar-refractivity contribution in [2.45, 2.75) is 0 Å². The first kappa shape index (κ1) is 19.3. The molecule has 0 bridgehead atoms. The van der Waals surface area contributed by atoms with Crippen molar-refractivity contribution < 1.29 is 19.0 Å². The molecule has 7 heteroatoms. The Bertz CT molecular complexity index is 1020. The van der Waals surface area contributed by atoms with E-state index in [1.54, 1.807) is 36.4 Å². The molecule has 1 aliphatic heterocycles. The Labute approximate surface area is 167 Å². The number of anilines is 1. The van der Waals surface area contributed by atoms with Crippen molar-refractivity contribution in [1.29, 1.82) is 5.26 Å². The zero-order chi connectivity index (χ0) is 20.1. The zero-order valence-electron chi connectivity index (χ0n) is 15.3. The molecule has 2 aromatic carbocycles. The first-order valence-electron chi connectivity index (χ1n) is 8.32. The van der Waals surface area contributed by atoms with Gasteiger partial charge in [0.2, 0.25) is 0 Å². The molecule has 6 nitrogen and oxygen atoms in total. The number of hydrogen-bond acceptors (Lipinski definition) is 5. The fourth-order valence-electron chi connectivity index (χ4n) is 2.70. The minimum atomic E-state index is -0.535. The number of amides is 1. The lowest BCUT2D eigenvalue weighted by Gasteiger charge is -2.16. The molecule has 0 unspecified atom stereocenters. The highest BCUT2D eigenvalue weighted by molar-refractivity contribution is 6.30. The van der Waals surface area contributed by atoms with Crippen LogP contribution in [-0.4, -0.2) is 26.7 Å². The molecule has 0 saturated carbocycles. The maximum atomic E-state index is 12.5. The van der Waals surface area contributed by atoms with Crippen LogP contribution in [0, 0.1) is 11.3 Å². The van der Waals surface area contributed by atoms with E-state index >= 15 is 0 Å². The zero-order valence-corrected chi connectivity index (χ0v) is 16.0. The molecule has 0 saturated heterocycles. The summed E-state index contributed by atoms with van der Waals surface area (Å²) in [6.07, 6.45) is 3.34. The predicted molar refractivity (Wildman–Crippen MR) is 107 cm³/mol. The molecule has 1 amide bonds. The van der Waals surface area contributed by atoms with Crippen LogP contribution in [0.2, 0.25) is 5.02 Å². The number of carbonyl (C=O) groups excluding carboxylic acids is 1. The molecule has 28 heavy (non-hydrogen) atoms. The van der Waals surface area contributed by atoms with Crippen LogP contribution in [0.5, 0.6) is 17.2 Å². The highest BCUT2D eigenvalue weighted by atomic mass is 35.5. The first-order chi connectivity index (χ1) is 13.5. The fraction of sp³-hybridized carbons (Fsp3) is 0.143. The molecule has 0 aromatic heterocycles. The molecule has 1 N–H and O–H groups in total. The van der Waals surface area contributed by atoms with E-state index in [0.29, 0.717) is 33.5 Å². The van der Waals surface area contributed by atoms with Crippen LogP contribution in [0.4, 0.5) is 5.69 Å². The number of carbonyl (C=O) groups is 1. The van der Waals surface area contributed by atoms with Gasteiger partial charge in [-0.1, -0.05) is 11.6 Å². The fourth-order valence-corrected chi connectivity index (χ4v) is 2.88. The lowest BCUT2D eigenvalue weighted by atomic mass is 10.0. The minimum Gasteiger partial charge on any atom is -0.493 e. The summed E-state index contributed by atoms with van der Waals surface area (Å²) in [4.78, 5) is 12.5. The summed E-state index contributed by atoms with van der Waals surface area (Å²) in [5.41, 5.74) is 1.92. The van der Waals surface area contributed by atoms with Crippen LogP contribution >= 0.6 is 11.6 Å².